The first-order valence-electron chi connectivity index (χ1n) is 6.67. The molecular weight excluding hydrogens is 298 g/mol. The summed E-state index contributed by atoms with van der Waals surface area (Å²) >= 11 is 0. The van der Waals surface area contributed by atoms with Crippen LogP contribution in [-0.4, -0.2) is 32.3 Å². The molecule has 0 aromatic heterocycles. The van der Waals surface area contributed by atoms with Gasteiger partial charge >= 0.3 is 0 Å². The Morgan fingerprint density at radius 1 is 1.40 bits per heavy atom. The number of nitrogens with zero attached hydrogens (tertiary/aromatic N) is 1. The van der Waals surface area contributed by atoms with Crippen LogP contribution in [0.3, 0.4) is 0 Å². The Hall–Kier alpha value is -1.07. The number of rotatable bonds is 5. The van der Waals surface area contributed by atoms with Crippen LogP contribution in [0.4, 0.5) is 0 Å². The maximum Gasteiger partial charge on any atom is 0.261 e. The highest BCUT2D eigenvalue weighted by molar-refractivity contribution is 8.13. The van der Waals surface area contributed by atoms with Gasteiger partial charge in [0, 0.05) is 29.3 Å². The average Bonchev–Trinajstić information content (AvgIpc) is 3.18. The van der Waals surface area contributed by atoms with E-state index in [-0.39, 0.29) is 10.8 Å². The van der Waals surface area contributed by atoms with E-state index in [1.165, 1.54) is 18.9 Å². The molecule has 1 aliphatic rings. The second-order valence-corrected chi connectivity index (χ2v) is 7.74. The van der Waals surface area contributed by atoms with Gasteiger partial charge in [0.15, 0.2) is 0 Å². The normalized spacial score (nSPS) is 15.2. The molecule has 1 saturated carbocycles. The van der Waals surface area contributed by atoms with Gasteiger partial charge in [-0.3, -0.25) is 4.79 Å². The van der Waals surface area contributed by atoms with E-state index < -0.39 is 9.05 Å². The number of hydrogen-bond acceptors (Lipinski definition) is 3. The highest BCUT2D eigenvalue weighted by Crippen LogP contribution is 2.30. The van der Waals surface area contributed by atoms with Gasteiger partial charge in [0.05, 0.1) is 4.90 Å². The van der Waals surface area contributed by atoms with E-state index in [2.05, 4.69) is 0 Å². The molecular formula is C14H18ClNO3S. The van der Waals surface area contributed by atoms with Crippen LogP contribution in [0.5, 0.6) is 0 Å². The molecule has 6 heteroatoms. The largest absolute Gasteiger partial charge is 0.339 e. The van der Waals surface area contributed by atoms with Crippen LogP contribution in [-0.2, 0) is 9.05 Å². The van der Waals surface area contributed by atoms with Crippen LogP contribution in [0.1, 0.15) is 35.7 Å². The summed E-state index contributed by atoms with van der Waals surface area (Å²) < 4.78 is 23.0. The molecule has 1 aromatic rings. The molecule has 2 rings (SSSR count). The highest BCUT2D eigenvalue weighted by Gasteiger charge is 2.27. The molecule has 0 spiro atoms. The summed E-state index contributed by atoms with van der Waals surface area (Å²) in [5.74, 6) is 0.460. The van der Waals surface area contributed by atoms with Crippen molar-refractivity contribution < 1.29 is 13.2 Å². The van der Waals surface area contributed by atoms with E-state index in [0.29, 0.717) is 23.6 Å². The number of halogens is 1. The number of benzene rings is 1. The predicted octanol–water partition coefficient (Wildman–Crippen LogP) is 2.79. The van der Waals surface area contributed by atoms with Gasteiger partial charge < -0.3 is 4.90 Å². The summed E-state index contributed by atoms with van der Waals surface area (Å²) in [6.45, 7) is 4.94. The fourth-order valence-corrected chi connectivity index (χ4v) is 3.37. The Labute approximate surface area is 124 Å². The number of hydrogen-bond donors (Lipinski definition) is 0. The SMILES string of the molecule is CCN(CC1CC1)C(=O)c1ccc(C)c(S(=O)(=O)Cl)c1. The molecule has 0 bridgehead atoms. The zero-order valence-corrected chi connectivity index (χ0v) is 13.2. The van der Waals surface area contributed by atoms with Gasteiger partial charge in [-0.2, -0.15) is 0 Å². The van der Waals surface area contributed by atoms with E-state index in [9.17, 15) is 13.2 Å². The maximum absolute atomic E-state index is 12.4. The van der Waals surface area contributed by atoms with E-state index in [1.807, 2.05) is 6.92 Å². The Morgan fingerprint density at radius 3 is 2.55 bits per heavy atom. The minimum absolute atomic E-state index is 0.00694. The van der Waals surface area contributed by atoms with Crippen LogP contribution < -0.4 is 0 Å². The third kappa shape index (κ3) is 3.52. The third-order valence-electron chi connectivity index (χ3n) is 3.54. The van der Waals surface area contributed by atoms with Crippen molar-refractivity contribution in [1.82, 2.24) is 4.90 Å². The van der Waals surface area contributed by atoms with Gasteiger partial charge in [-0.05, 0) is 50.3 Å². The van der Waals surface area contributed by atoms with Crippen LogP contribution in [0, 0.1) is 12.8 Å². The summed E-state index contributed by atoms with van der Waals surface area (Å²) in [6, 6.07) is 4.64. The monoisotopic (exact) mass is 315 g/mol. The van der Waals surface area contributed by atoms with Crippen molar-refractivity contribution in [2.45, 2.75) is 31.6 Å². The quantitative estimate of drug-likeness (QED) is 0.785. The number of aryl methyl sites for hydroxylation is 1. The fourth-order valence-electron chi connectivity index (χ4n) is 2.15. The second kappa shape index (κ2) is 5.74. The molecule has 1 aromatic carbocycles. The van der Waals surface area contributed by atoms with Gasteiger partial charge in [0.1, 0.15) is 0 Å². The first-order chi connectivity index (χ1) is 9.32. The molecule has 0 heterocycles. The number of amides is 1. The van der Waals surface area contributed by atoms with Gasteiger partial charge in [0.2, 0.25) is 0 Å². The van der Waals surface area contributed by atoms with Crippen LogP contribution in [0.25, 0.3) is 0 Å². The van der Waals surface area contributed by atoms with Crippen molar-refractivity contribution in [3.63, 3.8) is 0 Å². The topological polar surface area (TPSA) is 54.5 Å². The standard InChI is InChI=1S/C14H18ClNO3S/c1-3-16(9-11-5-6-11)14(17)12-7-4-10(2)13(8-12)20(15,18)19/h4,7-8,11H,3,5-6,9H2,1-2H3. The molecule has 0 radical (unpaired) electrons. The van der Waals surface area contributed by atoms with E-state index in [4.69, 9.17) is 10.7 Å². The van der Waals surface area contributed by atoms with Crippen molar-refractivity contribution in [2.75, 3.05) is 13.1 Å². The third-order valence-corrected chi connectivity index (χ3v) is 5.01. The Morgan fingerprint density at radius 2 is 2.05 bits per heavy atom. The summed E-state index contributed by atoms with van der Waals surface area (Å²) in [7, 11) is 1.56. The zero-order valence-electron chi connectivity index (χ0n) is 11.6. The lowest BCUT2D eigenvalue weighted by molar-refractivity contribution is 0.0756. The summed E-state index contributed by atoms with van der Waals surface area (Å²) in [6.07, 6.45) is 2.33. The zero-order chi connectivity index (χ0) is 14.9. The highest BCUT2D eigenvalue weighted by atomic mass is 35.7. The fraction of sp³-hybridized carbons (Fsp3) is 0.500. The van der Waals surface area contributed by atoms with Crippen molar-refractivity contribution in [2.24, 2.45) is 5.92 Å². The Kier molecular flexibility index (Phi) is 4.39. The number of carbonyl (C=O) groups is 1. The average molecular weight is 316 g/mol. The van der Waals surface area contributed by atoms with Gasteiger partial charge in [-0.15, -0.1) is 0 Å². The molecule has 110 valence electrons. The maximum atomic E-state index is 12.4. The molecule has 1 amide bonds. The lowest BCUT2D eigenvalue weighted by atomic mass is 10.1. The van der Waals surface area contributed by atoms with Crippen molar-refractivity contribution >= 4 is 25.6 Å². The summed E-state index contributed by atoms with van der Waals surface area (Å²) in [5, 5.41) is 0. The summed E-state index contributed by atoms with van der Waals surface area (Å²) in [5.41, 5.74) is 0.916. The van der Waals surface area contributed by atoms with Crippen molar-refractivity contribution in [3.8, 4) is 0 Å². The van der Waals surface area contributed by atoms with Crippen molar-refractivity contribution in [1.29, 1.82) is 0 Å². The molecule has 0 N–H and O–H groups in total. The first-order valence-corrected chi connectivity index (χ1v) is 8.98. The summed E-state index contributed by atoms with van der Waals surface area (Å²) in [4.78, 5) is 14.2. The molecule has 0 saturated heterocycles. The van der Waals surface area contributed by atoms with Gasteiger partial charge in [-0.1, -0.05) is 6.07 Å². The lowest BCUT2D eigenvalue weighted by Crippen LogP contribution is -2.32. The van der Waals surface area contributed by atoms with Gasteiger partial charge in [-0.25, -0.2) is 8.42 Å². The van der Waals surface area contributed by atoms with E-state index in [0.717, 1.165) is 6.54 Å². The predicted molar refractivity (Wildman–Crippen MR) is 78.5 cm³/mol. The first kappa shape index (κ1) is 15.3. The lowest BCUT2D eigenvalue weighted by Gasteiger charge is -2.21. The molecule has 0 aliphatic heterocycles. The molecule has 4 nitrogen and oxygen atoms in total. The van der Waals surface area contributed by atoms with Crippen LogP contribution in [0.15, 0.2) is 23.1 Å². The minimum Gasteiger partial charge on any atom is -0.339 e. The van der Waals surface area contributed by atoms with Gasteiger partial charge in [0.25, 0.3) is 15.0 Å². The van der Waals surface area contributed by atoms with Crippen molar-refractivity contribution in [3.05, 3.63) is 29.3 Å². The van der Waals surface area contributed by atoms with Crippen LogP contribution in [0.2, 0.25) is 0 Å². The number of carbonyl (C=O) groups excluding carboxylic acids is 1. The molecule has 1 fully saturated rings. The second-order valence-electron chi connectivity index (χ2n) is 5.21. The van der Waals surface area contributed by atoms with E-state index >= 15 is 0 Å². The van der Waals surface area contributed by atoms with Crippen LogP contribution >= 0.6 is 10.7 Å². The minimum atomic E-state index is -3.83. The Bertz CT molecular complexity index is 623. The molecule has 1 aliphatic carbocycles. The smallest absolute Gasteiger partial charge is 0.261 e. The molecule has 0 atom stereocenters. The van der Waals surface area contributed by atoms with E-state index in [1.54, 1.807) is 24.0 Å². The molecule has 20 heavy (non-hydrogen) atoms. The Balaban J connectivity index is 2.29. The molecule has 0 unspecified atom stereocenters.